The Bertz CT molecular complexity index is 1050. The monoisotopic (exact) mass is 515 g/mol. The van der Waals surface area contributed by atoms with Gasteiger partial charge in [-0.15, -0.1) is 11.8 Å². The largest absolute Gasteiger partial charge is 0.404 e. The van der Waals surface area contributed by atoms with Crippen LogP contribution in [0.25, 0.3) is 10.9 Å². The molecule has 1 aromatic carbocycles. The van der Waals surface area contributed by atoms with Gasteiger partial charge in [0.05, 0.1) is 5.52 Å². The average molecular weight is 516 g/mol. The Kier molecular flexibility index (Phi) is 8.76. The predicted octanol–water partition coefficient (Wildman–Crippen LogP) is 6.02. The topological polar surface area (TPSA) is 65.5 Å². The fourth-order valence-electron chi connectivity index (χ4n) is 4.09. The van der Waals surface area contributed by atoms with E-state index >= 15 is 0 Å². The zero-order valence-corrected chi connectivity index (χ0v) is 20.7. The lowest BCUT2D eigenvalue weighted by Crippen LogP contribution is -2.45. The molecule has 1 aliphatic rings. The molecule has 2 atom stereocenters. The van der Waals surface area contributed by atoms with E-state index in [1.54, 1.807) is 13.1 Å². The first-order valence-electron chi connectivity index (χ1n) is 11.3. The maximum absolute atomic E-state index is 13.4. The lowest BCUT2D eigenvalue weighted by Gasteiger charge is -2.30. The van der Waals surface area contributed by atoms with Crippen molar-refractivity contribution >= 4 is 45.9 Å². The molecule has 0 radical (unpaired) electrons. The molecule has 0 bridgehead atoms. The first-order valence-corrected chi connectivity index (χ1v) is 12.7. The van der Waals surface area contributed by atoms with Crippen molar-refractivity contribution in [2.45, 2.75) is 56.7 Å². The highest BCUT2D eigenvalue weighted by Gasteiger charge is 2.50. The van der Waals surface area contributed by atoms with E-state index < -0.39 is 23.1 Å². The normalized spacial score (nSPS) is 19.6. The SMILES string of the molecule is CCSC(C1=CC(C)(O)N(CCCCCCNc2ccnc3cc(Cl)ccc23)C1=O)C(F)(F)F. The third-order valence-electron chi connectivity index (χ3n) is 5.71. The van der Waals surface area contributed by atoms with Crippen molar-refractivity contribution < 1.29 is 23.1 Å². The van der Waals surface area contributed by atoms with Crippen molar-refractivity contribution in [1.82, 2.24) is 9.88 Å². The first-order chi connectivity index (χ1) is 16.0. The van der Waals surface area contributed by atoms with Crippen LogP contribution < -0.4 is 5.32 Å². The molecular formula is C24H29ClF3N3O2S. The number of benzene rings is 1. The number of halogens is 4. The molecule has 2 aromatic rings. The van der Waals surface area contributed by atoms with Gasteiger partial charge in [-0.2, -0.15) is 13.2 Å². The number of aromatic nitrogens is 1. The number of thioether (sulfide) groups is 1. The summed E-state index contributed by atoms with van der Waals surface area (Å²) in [4.78, 5) is 18.2. The molecule has 0 saturated carbocycles. The lowest BCUT2D eigenvalue weighted by molar-refractivity contribution is -0.144. The van der Waals surface area contributed by atoms with Crippen LogP contribution in [0.3, 0.4) is 0 Å². The zero-order chi connectivity index (χ0) is 24.9. The molecule has 0 spiro atoms. The quantitative estimate of drug-likeness (QED) is 0.358. The second kappa shape index (κ2) is 11.2. The van der Waals surface area contributed by atoms with Gasteiger partial charge in [0.2, 0.25) is 0 Å². The summed E-state index contributed by atoms with van der Waals surface area (Å²) in [6.45, 7) is 3.92. The van der Waals surface area contributed by atoms with Crippen LogP contribution in [0.15, 0.2) is 42.1 Å². The van der Waals surface area contributed by atoms with Crippen molar-refractivity contribution in [1.29, 1.82) is 0 Å². The summed E-state index contributed by atoms with van der Waals surface area (Å²) in [7, 11) is 0. The zero-order valence-electron chi connectivity index (χ0n) is 19.2. The molecule has 1 amide bonds. The van der Waals surface area contributed by atoms with E-state index in [1.807, 2.05) is 24.3 Å². The van der Waals surface area contributed by atoms with Gasteiger partial charge in [-0.3, -0.25) is 9.78 Å². The van der Waals surface area contributed by atoms with E-state index in [0.717, 1.165) is 53.4 Å². The third-order valence-corrected chi connectivity index (χ3v) is 7.13. The Balaban J connectivity index is 1.45. The number of alkyl halides is 3. The maximum Gasteiger partial charge on any atom is 0.404 e. The fraction of sp³-hybridized carbons (Fsp3) is 0.500. The van der Waals surface area contributed by atoms with Crippen molar-refractivity contribution in [3.8, 4) is 0 Å². The Hall–Kier alpha value is -1.97. The molecule has 0 saturated heterocycles. The number of carbonyl (C=O) groups is 1. The van der Waals surface area contributed by atoms with Crippen LogP contribution in [-0.4, -0.2) is 56.9 Å². The number of nitrogens with one attached hydrogen (secondary N) is 1. The number of rotatable bonds is 11. The smallest absolute Gasteiger partial charge is 0.384 e. The van der Waals surface area contributed by atoms with Gasteiger partial charge in [0.25, 0.3) is 5.91 Å². The summed E-state index contributed by atoms with van der Waals surface area (Å²) in [5.41, 5.74) is -0.294. The van der Waals surface area contributed by atoms with Crippen LogP contribution in [0, 0.1) is 0 Å². The van der Waals surface area contributed by atoms with Gasteiger partial charge in [0, 0.05) is 41.0 Å². The molecule has 2 heterocycles. The van der Waals surface area contributed by atoms with Gasteiger partial charge < -0.3 is 15.3 Å². The van der Waals surface area contributed by atoms with E-state index in [-0.39, 0.29) is 17.9 Å². The summed E-state index contributed by atoms with van der Waals surface area (Å²) in [5.74, 6) is -0.520. The van der Waals surface area contributed by atoms with Crippen LogP contribution >= 0.6 is 23.4 Å². The first kappa shape index (κ1) is 26.6. The molecule has 0 aliphatic carbocycles. The average Bonchev–Trinajstić information content (AvgIpc) is 2.98. The molecule has 186 valence electrons. The summed E-state index contributed by atoms with van der Waals surface area (Å²) >= 11 is 6.68. The number of amides is 1. The van der Waals surface area contributed by atoms with Gasteiger partial charge in [0.15, 0.2) is 5.72 Å². The minimum atomic E-state index is -4.55. The van der Waals surface area contributed by atoms with Crippen LogP contribution in [0.4, 0.5) is 18.9 Å². The van der Waals surface area contributed by atoms with E-state index in [2.05, 4.69) is 10.3 Å². The Morgan fingerprint density at radius 1 is 1.24 bits per heavy atom. The van der Waals surface area contributed by atoms with Gasteiger partial charge in [-0.05, 0) is 55.9 Å². The number of pyridine rings is 1. The van der Waals surface area contributed by atoms with Gasteiger partial charge in [0.1, 0.15) is 5.25 Å². The highest BCUT2D eigenvalue weighted by Crippen LogP contribution is 2.40. The number of carbonyl (C=O) groups excluding carboxylic acids is 1. The van der Waals surface area contributed by atoms with Crippen molar-refractivity contribution in [2.75, 3.05) is 24.2 Å². The number of hydrogen-bond acceptors (Lipinski definition) is 5. The minimum absolute atomic E-state index is 0.205. The minimum Gasteiger partial charge on any atom is -0.384 e. The summed E-state index contributed by atoms with van der Waals surface area (Å²) in [5, 5.41) is 13.7. The van der Waals surface area contributed by atoms with Crippen LogP contribution in [0.2, 0.25) is 5.02 Å². The fourth-order valence-corrected chi connectivity index (χ4v) is 5.12. The number of nitrogens with zero attached hydrogens (tertiary/aromatic N) is 2. The molecule has 2 unspecified atom stereocenters. The van der Waals surface area contributed by atoms with Crippen molar-refractivity contribution in [3.05, 3.63) is 47.1 Å². The Morgan fingerprint density at radius 2 is 1.97 bits per heavy atom. The second-order valence-electron chi connectivity index (χ2n) is 8.39. The van der Waals surface area contributed by atoms with Gasteiger partial charge in [-0.25, -0.2) is 0 Å². The molecular weight excluding hydrogens is 487 g/mol. The van der Waals surface area contributed by atoms with E-state index in [9.17, 15) is 23.1 Å². The van der Waals surface area contributed by atoms with Gasteiger partial charge in [-0.1, -0.05) is 31.4 Å². The Morgan fingerprint density at radius 3 is 2.68 bits per heavy atom. The standard InChI is InChI=1S/C24H29ClF3N3O2S/c1-3-34-21(24(26,27)28)18-15-23(2,33)31(22(18)32)13-7-5-4-6-11-29-19-10-12-30-20-14-16(25)8-9-17(19)20/h8-10,12,14-15,21,33H,3-7,11,13H2,1-2H3,(H,29,30). The molecule has 3 rings (SSSR count). The van der Waals surface area contributed by atoms with E-state index in [1.165, 1.54) is 6.92 Å². The molecule has 2 N–H and O–H groups in total. The third kappa shape index (κ3) is 6.37. The van der Waals surface area contributed by atoms with Crippen molar-refractivity contribution in [3.63, 3.8) is 0 Å². The molecule has 10 heteroatoms. The number of unbranched alkanes of at least 4 members (excludes halogenated alkanes) is 3. The maximum atomic E-state index is 13.4. The summed E-state index contributed by atoms with van der Waals surface area (Å²) in [6, 6.07) is 7.47. The predicted molar refractivity (Wildman–Crippen MR) is 132 cm³/mol. The van der Waals surface area contributed by atoms with Gasteiger partial charge >= 0.3 is 6.18 Å². The second-order valence-corrected chi connectivity index (χ2v) is 10.2. The number of fused-ring (bicyclic) bond motifs is 1. The summed E-state index contributed by atoms with van der Waals surface area (Å²) < 4.78 is 40.3. The van der Waals surface area contributed by atoms with E-state index in [0.29, 0.717) is 23.2 Å². The number of hydrogen-bond donors (Lipinski definition) is 2. The van der Waals surface area contributed by atoms with Crippen molar-refractivity contribution in [2.24, 2.45) is 0 Å². The van der Waals surface area contributed by atoms with E-state index in [4.69, 9.17) is 11.6 Å². The molecule has 1 aromatic heterocycles. The molecule has 34 heavy (non-hydrogen) atoms. The molecule has 5 nitrogen and oxygen atoms in total. The lowest BCUT2D eigenvalue weighted by atomic mass is 10.1. The Labute approximate surface area is 206 Å². The molecule has 0 fully saturated rings. The highest BCUT2D eigenvalue weighted by molar-refractivity contribution is 8.00. The van der Waals surface area contributed by atoms with Crippen LogP contribution in [-0.2, 0) is 4.79 Å². The van der Waals surface area contributed by atoms with Crippen LogP contribution in [0.1, 0.15) is 39.5 Å². The number of anilines is 1. The van der Waals surface area contributed by atoms with Crippen LogP contribution in [0.5, 0.6) is 0 Å². The summed E-state index contributed by atoms with van der Waals surface area (Å²) in [6.07, 6.45) is 1.38. The number of aliphatic hydroxyl groups is 1. The molecule has 1 aliphatic heterocycles. The highest BCUT2D eigenvalue weighted by atomic mass is 35.5.